The Balaban J connectivity index is 1.78. The first-order valence-corrected chi connectivity index (χ1v) is 11.5. The lowest BCUT2D eigenvalue weighted by molar-refractivity contribution is -0.180. The second-order valence-electron chi connectivity index (χ2n) is 7.49. The summed E-state index contributed by atoms with van der Waals surface area (Å²) in [5, 5.41) is 0. The second-order valence-corrected chi connectivity index (χ2v) is 9.17. The number of nitrogens with zero attached hydrogens (tertiary/aromatic N) is 1. The van der Waals surface area contributed by atoms with Crippen molar-refractivity contribution >= 4 is 21.3 Å². The van der Waals surface area contributed by atoms with E-state index >= 15 is 0 Å². The predicted octanol–water partition coefficient (Wildman–Crippen LogP) is 4.08. The first-order chi connectivity index (χ1) is 15.4. The molecule has 0 radical (unpaired) electrons. The van der Waals surface area contributed by atoms with Gasteiger partial charge in [-0.15, -0.1) is 0 Å². The smallest absolute Gasteiger partial charge is 0.261 e. The molecule has 1 aliphatic rings. The van der Waals surface area contributed by atoms with Crippen molar-refractivity contribution in [3.63, 3.8) is 0 Å². The zero-order valence-electron chi connectivity index (χ0n) is 18.0. The Morgan fingerprint density at radius 1 is 1.00 bits per heavy atom. The average molecular weight is 453 g/mol. The molecule has 1 aromatic heterocycles. The molecule has 2 heterocycles. The number of sulfonamides is 1. The standard InChI is InChI=1S/C24H24N2O5S/c1-24(23(29-2)30-3)16-20(21-11-7-8-14-25-21)19-15-17(12-13-22(19)31-24)26-32(27,28)18-9-5-4-6-10-18/h4-16,23,26H,1-3H3. The van der Waals surface area contributed by atoms with Gasteiger partial charge in [-0.05, 0) is 55.5 Å². The highest BCUT2D eigenvalue weighted by Gasteiger charge is 2.40. The molecule has 32 heavy (non-hydrogen) atoms. The summed E-state index contributed by atoms with van der Waals surface area (Å²) in [5.41, 5.74) is 1.71. The van der Waals surface area contributed by atoms with Crippen molar-refractivity contribution in [2.45, 2.75) is 23.7 Å². The molecule has 1 N–H and O–H groups in total. The molecular formula is C24H24N2O5S. The van der Waals surface area contributed by atoms with Gasteiger partial charge in [-0.2, -0.15) is 0 Å². The molecule has 0 saturated carbocycles. The Kier molecular flexibility index (Phi) is 6.01. The summed E-state index contributed by atoms with van der Waals surface area (Å²) in [6.07, 6.45) is 2.94. The minimum Gasteiger partial charge on any atom is -0.477 e. The van der Waals surface area contributed by atoms with Gasteiger partial charge < -0.3 is 14.2 Å². The van der Waals surface area contributed by atoms with Crippen LogP contribution in [0.1, 0.15) is 18.2 Å². The molecule has 7 nitrogen and oxygen atoms in total. The number of ether oxygens (including phenoxy) is 3. The van der Waals surface area contributed by atoms with Gasteiger partial charge in [0, 0.05) is 37.2 Å². The molecule has 2 aromatic carbocycles. The molecular weight excluding hydrogens is 428 g/mol. The molecule has 166 valence electrons. The van der Waals surface area contributed by atoms with Crippen LogP contribution in [0, 0.1) is 0 Å². The minimum absolute atomic E-state index is 0.185. The largest absolute Gasteiger partial charge is 0.477 e. The second kappa shape index (κ2) is 8.74. The summed E-state index contributed by atoms with van der Waals surface area (Å²) in [5.74, 6) is 0.567. The highest BCUT2D eigenvalue weighted by Crippen LogP contribution is 2.42. The van der Waals surface area contributed by atoms with E-state index in [0.29, 0.717) is 17.0 Å². The maximum atomic E-state index is 12.8. The maximum Gasteiger partial charge on any atom is 0.261 e. The summed E-state index contributed by atoms with van der Waals surface area (Å²) in [7, 11) is -0.633. The number of benzene rings is 2. The van der Waals surface area contributed by atoms with Crippen molar-refractivity contribution in [3.05, 3.63) is 90.3 Å². The van der Waals surface area contributed by atoms with Crippen molar-refractivity contribution in [1.29, 1.82) is 0 Å². The first-order valence-electron chi connectivity index (χ1n) is 9.97. The minimum atomic E-state index is -3.73. The van der Waals surface area contributed by atoms with Crippen molar-refractivity contribution < 1.29 is 22.6 Å². The number of methoxy groups -OCH3 is 2. The lowest BCUT2D eigenvalue weighted by Gasteiger charge is -2.38. The van der Waals surface area contributed by atoms with Crippen molar-refractivity contribution in [2.75, 3.05) is 18.9 Å². The monoisotopic (exact) mass is 452 g/mol. The zero-order chi connectivity index (χ0) is 22.8. The maximum absolute atomic E-state index is 12.8. The fourth-order valence-corrected chi connectivity index (χ4v) is 4.82. The average Bonchev–Trinajstić information content (AvgIpc) is 2.80. The molecule has 4 rings (SSSR count). The van der Waals surface area contributed by atoms with Crippen LogP contribution in [0.5, 0.6) is 5.75 Å². The molecule has 8 heteroatoms. The molecule has 0 spiro atoms. The Morgan fingerprint density at radius 2 is 1.72 bits per heavy atom. The molecule has 0 bridgehead atoms. The van der Waals surface area contributed by atoms with Crippen LogP contribution in [0.3, 0.4) is 0 Å². The Labute approximate surface area is 187 Å². The number of fused-ring (bicyclic) bond motifs is 1. The van der Waals surface area contributed by atoms with Crippen LogP contribution < -0.4 is 9.46 Å². The van der Waals surface area contributed by atoms with Crippen LogP contribution in [0.4, 0.5) is 5.69 Å². The summed E-state index contributed by atoms with van der Waals surface area (Å²) >= 11 is 0. The Morgan fingerprint density at radius 3 is 2.38 bits per heavy atom. The molecule has 1 atom stereocenters. The van der Waals surface area contributed by atoms with Gasteiger partial charge in [-0.3, -0.25) is 9.71 Å². The normalized spacial score (nSPS) is 17.9. The Hall–Kier alpha value is -3.20. The van der Waals surface area contributed by atoms with Gasteiger partial charge in [0.25, 0.3) is 10.0 Å². The molecule has 0 saturated heterocycles. The molecule has 0 fully saturated rings. The molecule has 1 aliphatic heterocycles. The van der Waals surface area contributed by atoms with E-state index in [0.717, 1.165) is 11.3 Å². The van der Waals surface area contributed by atoms with E-state index < -0.39 is 21.9 Å². The third kappa shape index (κ3) is 4.25. The van der Waals surface area contributed by atoms with Crippen LogP contribution in [-0.4, -0.2) is 39.5 Å². The van der Waals surface area contributed by atoms with Crippen LogP contribution in [0.2, 0.25) is 0 Å². The van der Waals surface area contributed by atoms with E-state index in [1.807, 2.05) is 31.2 Å². The summed E-state index contributed by atoms with van der Waals surface area (Å²) in [6, 6.07) is 19.0. The zero-order valence-corrected chi connectivity index (χ0v) is 18.8. The lowest BCUT2D eigenvalue weighted by Crippen LogP contribution is -2.47. The topological polar surface area (TPSA) is 86.8 Å². The predicted molar refractivity (Wildman–Crippen MR) is 122 cm³/mol. The van der Waals surface area contributed by atoms with Gasteiger partial charge in [0.15, 0.2) is 5.60 Å². The summed E-state index contributed by atoms with van der Waals surface area (Å²) < 4.78 is 45.4. The molecule has 0 amide bonds. The number of nitrogens with one attached hydrogen (secondary N) is 1. The van der Waals surface area contributed by atoms with E-state index in [1.54, 1.807) is 68.9 Å². The van der Waals surface area contributed by atoms with Gasteiger partial charge in [0.1, 0.15) is 5.75 Å². The first kappa shape index (κ1) is 22.0. The third-order valence-corrected chi connectivity index (χ3v) is 6.57. The molecule has 1 unspecified atom stereocenters. The third-order valence-electron chi connectivity index (χ3n) is 5.17. The van der Waals surface area contributed by atoms with Crippen molar-refractivity contribution in [3.8, 4) is 5.75 Å². The van der Waals surface area contributed by atoms with E-state index in [4.69, 9.17) is 14.2 Å². The number of rotatable bonds is 7. The van der Waals surface area contributed by atoms with Crippen LogP contribution in [-0.2, 0) is 19.5 Å². The van der Waals surface area contributed by atoms with Crippen LogP contribution in [0.15, 0.2) is 83.9 Å². The fourth-order valence-electron chi connectivity index (χ4n) is 3.75. The van der Waals surface area contributed by atoms with E-state index in [9.17, 15) is 8.42 Å². The van der Waals surface area contributed by atoms with Gasteiger partial charge in [-0.1, -0.05) is 24.3 Å². The van der Waals surface area contributed by atoms with Crippen LogP contribution in [0.25, 0.3) is 5.57 Å². The molecule has 3 aromatic rings. The van der Waals surface area contributed by atoms with Gasteiger partial charge in [0.2, 0.25) is 6.29 Å². The number of pyridine rings is 1. The lowest BCUT2D eigenvalue weighted by atomic mass is 9.90. The van der Waals surface area contributed by atoms with Crippen molar-refractivity contribution in [2.24, 2.45) is 0 Å². The summed E-state index contributed by atoms with van der Waals surface area (Å²) in [6.45, 7) is 1.86. The SMILES string of the molecule is COC(OC)C1(C)C=C(c2ccccn2)c2cc(NS(=O)(=O)c3ccccc3)ccc2O1. The van der Waals surface area contributed by atoms with Gasteiger partial charge in [-0.25, -0.2) is 8.42 Å². The van der Waals surface area contributed by atoms with Crippen LogP contribution >= 0.6 is 0 Å². The molecule has 0 aliphatic carbocycles. The Bertz CT molecular complexity index is 1230. The summed E-state index contributed by atoms with van der Waals surface area (Å²) in [4.78, 5) is 4.67. The van der Waals surface area contributed by atoms with E-state index in [-0.39, 0.29) is 4.90 Å². The highest BCUT2D eigenvalue weighted by atomic mass is 32.2. The van der Waals surface area contributed by atoms with Gasteiger partial charge >= 0.3 is 0 Å². The van der Waals surface area contributed by atoms with E-state index in [2.05, 4.69) is 9.71 Å². The number of hydrogen-bond donors (Lipinski definition) is 1. The fraction of sp³-hybridized carbons (Fsp3) is 0.208. The number of hydrogen-bond acceptors (Lipinski definition) is 6. The quantitative estimate of drug-likeness (QED) is 0.544. The number of anilines is 1. The number of aromatic nitrogens is 1. The van der Waals surface area contributed by atoms with Gasteiger partial charge in [0.05, 0.1) is 10.6 Å². The van der Waals surface area contributed by atoms with E-state index in [1.165, 1.54) is 0 Å². The highest BCUT2D eigenvalue weighted by molar-refractivity contribution is 7.92. The van der Waals surface area contributed by atoms with Crippen molar-refractivity contribution in [1.82, 2.24) is 4.98 Å².